The zero-order valence-corrected chi connectivity index (χ0v) is 23.2. The van der Waals surface area contributed by atoms with E-state index < -0.39 is 7.26 Å². The van der Waals surface area contributed by atoms with E-state index in [1.165, 1.54) is 55.9 Å². The Balaban J connectivity index is 1.84. The van der Waals surface area contributed by atoms with Gasteiger partial charge in [-0.3, -0.25) is 0 Å². The Morgan fingerprint density at radius 2 is 1.34 bits per heavy atom. The second-order valence-corrected chi connectivity index (χ2v) is 20.3. The SMILES string of the molecule is CC([C@@H]1CCC[C@@H]1[P+](c1ccco1)(c1ccco1)C1CCCC1)P(C(C)(C)C)C(C)(C)C. The summed E-state index contributed by atoms with van der Waals surface area (Å²) >= 11 is 0. The number of rotatable bonds is 6. The Hall–Kier alpha value is -0.580. The van der Waals surface area contributed by atoms with E-state index in [1.54, 1.807) is 0 Å². The van der Waals surface area contributed by atoms with E-state index in [-0.39, 0.29) is 7.92 Å². The molecule has 2 aromatic heterocycles. The Morgan fingerprint density at radius 3 is 1.78 bits per heavy atom. The quantitative estimate of drug-likeness (QED) is 0.392. The predicted molar refractivity (Wildman–Crippen MR) is 143 cm³/mol. The first-order chi connectivity index (χ1) is 15.1. The fraction of sp³-hybridized carbons (Fsp3) is 0.714. The van der Waals surface area contributed by atoms with Crippen LogP contribution in [0.2, 0.25) is 0 Å². The Labute approximate surface area is 198 Å². The maximum absolute atomic E-state index is 6.37. The van der Waals surface area contributed by atoms with Gasteiger partial charge in [0.2, 0.25) is 0 Å². The molecule has 2 aromatic rings. The molecule has 0 saturated heterocycles. The second kappa shape index (κ2) is 9.23. The first-order valence-electron chi connectivity index (χ1n) is 12.8. The van der Waals surface area contributed by atoms with Crippen molar-refractivity contribution >= 4 is 26.2 Å². The Bertz CT molecular complexity index is 787. The van der Waals surface area contributed by atoms with Crippen LogP contribution in [0, 0.1) is 5.92 Å². The largest absolute Gasteiger partial charge is 0.435 e. The molecule has 2 saturated carbocycles. The van der Waals surface area contributed by atoms with Gasteiger partial charge in [0.15, 0.2) is 7.26 Å². The van der Waals surface area contributed by atoms with Crippen LogP contribution >= 0.6 is 15.2 Å². The molecule has 4 heteroatoms. The standard InChI is InChI=1S/C28H45O2P2/c1-21(31(27(2,3)4)28(5,6)7)23-15-10-16-24(23)32(22-13-8-9-14-22,25-17-11-19-29-25)26-18-12-20-30-26/h11-12,17-24H,8-10,13-16H2,1-7H3/q+1/t21?,23-,24-/m0/s1. The van der Waals surface area contributed by atoms with Crippen molar-refractivity contribution in [3.05, 3.63) is 36.8 Å². The lowest BCUT2D eigenvalue weighted by Gasteiger charge is -2.49. The Kier molecular flexibility index (Phi) is 7.08. The summed E-state index contributed by atoms with van der Waals surface area (Å²) in [6.07, 6.45) is 13.3. The van der Waals surface area contributed by atoms with E-state index in [2.05, 4.69) is 72.7 Å². The van der Waals surface area contributed by atoms with Crippen LogP contribution in [0.15, 0.2) is 45.6 Å². The highest BCUT2D eigenvalue weighted by Crippen LogP contribution is 2.75. The summed E-state index contributed by atoms with van der Waals surface area (Å²) < 4.78 is 12.7. The summed E-state index contributed by atoms with van der Waals surface area (Å²) in [7, 11) is -1.94. The summed E-state index contributed by atoms with van der Waals surface area (Å²) in [5.74, 6) is 0.753. The fourth-order valence-electron chi connectivity index (χ4n) is 7.80. The number of furan rings is 2. The zero-order valence-electron chi connectivity index (χ0n) is 21.4. The van der Waals surface area contributed by atoms with E-state index in [9.17, 15) is 0 Å². The molecule has 2 aliphatic carbocycles. The van der Waals surface area contributed by atoms with Crippen LogP contribution in [-0.2, 0) is 0 Å². The van der Waals surface area contributed by atoms with Crippen molar-refractivity contribution < 1.29 is 8.83 Å². The van der Waals surface area contributed by atoms with Gasteiger partial charge in [-0.1, -0.05) is 56.4 Å². The minimum atomic E-state index is -1.78. The van der Waals surface area contributed by atoms with E-state index in [0.717, 1.165) is 11.6 Å². The molecule has 0 spiro atoms. The third-order valence-electron chi connectivity index (χ3n) is 8.17. The van der Waals surface area contributed by atoms with Gasteiger partial charge in [-0.05, 0) is 73.0 Å². The molecule has 2 nitrogen and oxygen atoms in total. The molecule has 2 heterocycles. The monoisotopic (exact) mass is 475 g/mol. The molecule has 1 unspecified atom stereocenters. The second-order valence-electron chi connectivity index (χ2n) is 12.2. The van der Waals surface area contributed by atoms with E-state index in [1.807, 2.05) is 12.5 Å². The summed E-state index contributed by atoms with van der Waals surface area (Å²) in [6, 6.07) is 8.83. The maximum Gasteiger partial charge on any atom is 0.254 e. The normalized spacial score (nSPS) is 24.5. The summed E-state index contributed by atoms with van der Waals surface area (Å²) in [6.45, 7) is 17.5. The average molecular weight is 476 g/mol. The van der Waals surface area contributed by atoms with Gasteiger partial charge < -0.3 is 8.83 Å². The van der Waals surface area contributed by atoms with Crippen LogP contribution in [-0.4, -0.2) is 27.3 Å². The third-order valence-corrected chi connectivity index (χ3v) is 17.6. The zero-order chi connectivity index (χ0) is 23.1. The highest BCUT2D eigenvalue weighted by atomic mass is 31.2. The van der Waals surface area contributed by atoms with Crippen LogP contribution < -0.4 is 11.0 Å². The van der Waals surface area contributed by atoms with Crippen molar-refractivity contribution in [2.75, 3.05) is 0 Å². The molecule has 32 heavy (non-hydrogen) atoms. The number of hydrogen-bond donors (Lipinski definition) is 0. The minimum absolute atomic E-state index is 0.159. The summed E-state index contributed by atoms with van der Waals surface area (Å²) in [4.78, 5) is 0. The molecule has 0 bridgehead atoms. The molecule has 0 N–H and O–H groups in total. The van der Waals surface area contributed by atoms with Crippen LogP contribution in [0.3, 0.4) is 0 Å². The van der Waals surface area contributed by atoms with Gasteiger partial charge in [-0.15, -0.1) is 0 Å². The van der Waals surface area contributed by atoms with Crippen molar-refractivity contribution in [1.82, 2.24) is 0 Å². The van der Waals surface area contributed by atoms with Crippen LogP contribution in [0.1, 0.15) is 93.4 Å². The Morgan fingerprint density at radius 1 is 0.812 bits per heavy atom. The molecule has 0 aromatic carbocycles. The van der Waals surface area contributed by atoms with Gasteiger partial charge in [0.25, 0.3) is 11.0 Å². The molecular formula is C28H45O2P2+. The lowest BCUT2D eigenvalue weighted by Crippen LogP contribution is -2.43. The molecule has 0 amide bonds. The van der Waals surface area contributed by atoms with Crippen molar-refractivity contribution in [3.8, 4) is 0 Å². The van der Waals surface area contributed by atoms with Gasteiger partial charge in [0.05, 0.1) is 23.8 Å². The summed E-state index contributed by atoms with van der Waals surface area (Å²) in [5, 5.41) is 0.702. The van der Waals surface area contributed by atoms with Crippen LogP contribution in [0.5, 0.6) is 0 Å². The van der Waals surface area contributed by atoms with E-state index >= 15 is 0 Å². The minimum Gasteiger partial charge on any atom is -0.435 e. The van der Waals surface area contributed by atoms with Gasteiger partial charge >= 0.3 is 0 Å². The number of hydrogen-bond acceptors (Lipinski definition) is 2. The van der Waals surface area contributed by atoms with Crippen molar-refractivity contribution in [3.63, 3.8) is 0 Å². The first kappa shape index (κ1) is 24.5. The topological polar surface area (TPSA) is 26.3 Å². The van der Waals surface area contributed by atoms with Gasteiger partial charge in [-0.2, -0.15) is 0 Å². The molecule has 178 valence electrons. The highest BCUT2D eigenvalue weighted by molar-refractivity contribution is 7.90. The van der Waals surface area contributed by atoms with Crippen molar-refractivity contribution in [1.29, 1.82) is 0 Å². The van der Waals surface area contributed by atoms with Gasteiger partial charge in [0.1, 0.15) is 0 Å². The lowest BCUT2D eigenvalue weighted by atomic mass is 10.0. The van der Waals surface area contributed by atoms with Crippen LogP contribution in [0.4, 0.5) is 0 Å². The van der Waals surface area contributed by atoms with E-state index in [0.29, 0.717) is 21.6 Å². The molecule has 4 rings (SSSR count). The van der Waals surface area contributed by atoms with Gasteiger partial charge in [-0.25, -0.2) is 0 Å². The summed E-state index contributed by atoms with van der Waals surface area (Å²) in [5.41, 5.74) is 4.67. The first-order valence-corrected chi connectivity index (χ1v) is 16.2. The van der Waals surface area contributed by atoms with Gasteiger partial charge in [0, 0.05) is 18.1 Å². The van der Waals surface area contributed by atoms with Crippen molar-refractivity contribution in [2.24, 2.45) is 5.92 Å². The maximum atomic E-state index is 6.37. The highest BCUT2D eigenvalue weighted by Gasteiger charge is 2.65. The van der Waals surface area contributed by atoms with Crippen molar-refractivity contribution in [2.45, 2.75) is 121 Å². The third kappa shape index (κ3) is 4.29. The molecule has 3 atom stereocenters. The smallest absolute Gasteiger partial charge is 0.254 e. The van der Waals surface area contributed by atoms with E-state index in [4.69, 9.17) is 8.83 Å². The molecule has 0 aliphatic heterocycles. The molecular weight excluding hydrogens is 430 g/mol. The molecule has 0 radical (unpaired) electrons. The molecule has 2 aliphatic rings. The lowest BCUT2D eigenvalue weighted by molar-refractivity contribution is 0.515. The molecule has 2 fully saturated rings. The fourth-order valence-corrected chi connectivity index (χ4v) is 19.2. The van der Waals surface area contributed by atoms with Crippen LogP contribution in [0.25, 0.3) is 0 Å². The average Bonchev–Trinajstić information content (AvgIpc) is 3.48. The predicted octanol–water partition coefficient (Wildman–Crippen LogP) is 8.42.